The number of hydrogen-bond donors (Lipinski definition) is 1. The van der Waals surface area contributed by atoms with E-state index in [-0.39, 0.29) is 11.7 Å². The highest BCUT2D eigenvalue weighted by atomic mass is 32.2. The van der Waals surface area contributed by atoms with Crippen LogP contribution in [0.5, 0.6) is 0 Å². The molecule has 0 aliphatic rings. The monoisotopic (exact) mass is 397 g/mol. The van der Waals surface area contributed by atoms with Gasteiger partial charge in [0.05, 0.1) is 11.4 Å². The minimum absolute atomic E-state index is 0.0363. The Morgan fingerprint density at radius 1 is 0.889 bits per heavy atom. The fourth-order valence-corrected chi connectivity index (χ4v) is 4.24. The lowest BCUT2D eigenvalue weighted by molar-refractivity contribution is 0.102. The maximum absolute atomic E-state index is 12.6. The minimum Gasteiger partial charge on any atom is -0.321 e. The molecule has 27 heavy (non-hydrogen) atoms. The van der Waals surface area contributed by atoms with Crippen molar-refractivity contribution in [2.24, 2.45) is 0 Å². The van der Waals surface area contributed by atoms with Crippen molar-refractivity contribution in [3.8, 4) is 0 Å². The first-order valence-corrected chi connectivity index (χ1v) is 11.2. The number of benzene rings is 3. The van der Waals surface area contributed by atoms with Gasteiger partial charge in [0, 0.05) is 21.6 Å². The molecule has 138 valence electrons. The number of hydrogen-bond acceptors (Lipinski definition) is 4. The topological polar surface area (TPSA) is 63.2 Å². The van der Waals surface area contributed by atoms with E-state index >= 15 is 0 Å². The van der Waals surface area contributed by atoms with E-state index in [4.69, 9.17) is 0 Å². The molecule has 3 rings (SSSR count). The van der Waals surface area contributed by atoms with Gasteiger partial charge >= 0.3 is 0 Å². The van der Waals surface area contributed by atoms with Gasteiger partial charge in [-0.15, -0.1) is 0 Å². The van der Waals surface area contributed by atoms with Crippen molar-refractivity contribution in [1.29, 1.82) is 0 Å². The molecule has 1 N–H and O–H groups in total. The molecule has 1 amide bonds. The molecular weight excluding hydrogens is 378 g/mol. The molecule has 0 fully saturated rings. The molecule has 0 spiro atoms. The van der Waals surface area contributed by atoms with Crippen LogP contribution in [0.1, 0.15) is 15.9 Å². The van der Waals surface area contributed by atoms with Crippen molar-refractivity contribution in [1.82, 2.24) is 0 Å². The molecule has 0 radical (unpaired) electrons. The van der Waals surface area contributed by atoms with Crippen LogP contribution in [0.2, 0.25) is 0 Å². The maximum atomic E-state index is 12.6. The normalized spacial score (nSPS) is 11.1. The number of amides is 1. The van der Waals surface area contributed by atoms with Gasteiger partial charge in [0.1, 0.15) is 0 Å². The third-order valence-electron chi connectivity index (χ3n) is 3.75. The van der Waals surface area contributed by atoms with Crippen molar-refractivity contribution >= 4 is 33.2 Å². The van der Waals surface area contributed by atoms with Crippen LogP contribution in [-0.4, -0.2) is 20.6 Å². The van der Waals surface area contributed by atoms with Crippen molar-refractivity contribution in [3.63, 3.8) is 0 Å². The zero-order chi connectivity index (χ0) is 19.3. The van der Waals surface area contributed by atoms with Crippen molar-refractivity contribution in [2.45, 2.75) is 15.5 Å². The molecule has 6 heteroatoms. The summed E-state index contributed by atoms with van der Waals surface area (Å²) in [7, 11) is -3.10. The standard InChI is InChI=1S/C21H19NO3S2/c1-27(24,25)15-16-11-13-17(14-12-16)21(23)22-19-9-5-6-10-20(19)26-18-7-3-2-4-8-18/h2-14H,15H2,1H3,(H,22,23). The third-order valence-corrected chi connectivity index (χ3v) is 5.69. The van der Waals surface area contributed by atoms with Crippen molar-refractivity contribution < 1.29 is 13.2 Å². The lowest BCUT2D eigenvalue weighted by Crippen LogP contribution is -2.12. The predicted molar refractivity (Wildman–Crippen MR) is 110 cm³/mol. The van der Waals surface area contributed by atoms with Crippen LogP contribution in [-0.2, 0) is 15.6 Å². The van der Waals surface area contributed by atoms with Crippen LogP contribution >= 0.6 is 11.8 Å². The number of nitrogens with one attached hydrogen (secondary N) is 1. The number of carbonyl (C=O) groups excluding carboxylic acids is 1. The van der Waals surface area contributed by atoms with Crippen LogP contribution in [0.15, 0.2) is 88.7 Å². The highest BCUT2D eigenvalue weighted by Gasteiger charge is 2.11. The Hall–Kier alpha value is -2.57. The second-order valence-electron chi connectivity index (χ2n) is 6.13. The largest absolute Gasteiger partial charge is 0.321 e. The highest BCUT2D eigenvalue weighted by Crippen LogP contribution is 2.33. The Morgan fingerprint density at radius 2 is 1.52 bits per heavy atom. The average molecular weight is 398 g/mol. The van der Waals surface area contributed by atoms with Crippen LogP contribution in [0, 0.1) is 0 Å². The van der Waals surface area contributed by atoms with Gasteiger partial charge in [-0.25, -0.2) is 8.42 Å². The lowest BCUT2D eigenvalue weighted by Gasteiger charge is -2.11. The van der Waals surface area contributed by atoms with E-state index in [0.29, 0.717) is 11.1 Å². The summed E-state index contributed by atoms with van der Waals surface area (Å²) in [5, 5.41) is 2.94. The summed E-state index contributed by atoms with van der Waals surface area (Å²) < 4.78 is 22.7. The third kappa shape index (κ3) is 5.70. The van der Waals surface area contributed by atoms with Crippen LogP contribution in [0.3, 0.4) is 0 Å². The van der Waals surface area contributed by atoms with Gasteiger partial charge in [0.25, 0.3) is 5.91 Å². The van der Waals surface area contributed by atoms with E-state index in [2.05, 4.69) is 5.32 Å². The summed E-state index contributed by atoms with van der Waals surface area (Å²) in [6, 6.07) is 24.2. The fourth-order valence-electron chi connectivity index (χ4n) is 2.52. The van der Waals surface area contributed by atoms with E-state index in [9.17, 15) is 13.2 Å². The van der Waals surface area contributed by atoms with E-state index in [0.717, 1.165) is 15.5 Å². The van der Waals surface area contributed by atoms with Crippen LogP contribution in [0.25, 0.3) is 0 Å². The van der Waals surface area contributed by atoms with Crippen LogP contribution < -0.4 is 5.32 Å². The first kappa shape index (κ1) is 19.2. The molecule has 0 aromatic heterocycles. The molecule has 0 aliphatic carbocycles. The van der Waals surface area contributed by atoms with Gasteiger partial charge in [0.15, 0.2) is 9.84 Å². The first-order valence-electron chi connectivity index (χ1n) is 8.31. The van der Waals surface area contributed by atoms with E-state index in [1.807, 2.05) is 54.6 Å². The van der Waals surface area contributed by atoms with Crippen LogP contribution in [0.4, 0.5) is 5.69 Å². The quantitative estimate of drug-likeness (QED) is 0.658. The smallest absolute Gasteiger partial charge is 0.255 e. The van der Waals surface area contributed by atoms with Gasteiger partial charge in [0.2, 0.25) is 0 Å². The van der Waals surface area contributed by atoms with Gasteiger partial charge < -0.3 is 5.32 Å². The summed E-state index contributed by atoms with van der Waals surface area (Å²) in [5.74, 6) is -0.271. The van der Waals surface area contributed by atoms with E-state index < -0.39 is 9.84 Å². The molecule has 4 nitrogen and oxygen atoms in total. The number of rotatable bonds is 6. The summed E-state index contributed by atoms with van der Waals surface area (Å²) in [5.41, 5.74) is 1.87. The number of sulfone groups is 1. The molecule has 3 aromatic carbocycles. The maximum Gasteiger partial charge on any atom is 0.255 e. The van der Waals surface area contributed by atoms with Crippen molar-refractivity contribution in [3.05, 3.63) is 90.0 Å². The highest BCUT2D eigenvalue weighted by molar-refractivity contribution is 7.99. The zero-order valence-electron chi connectivity index (χ0n) is 14.8. The summed E-state index contributed by atoms with van der Waals surface area (Å²) in [6.45, 7) is 0. The van der Waals surface area contributed by atoms with Gasteiger partial charge in [-0.3, -0.25) is 4.79 Å². The number of carbonyl (C=O) groups is 1. The SMILES string of the molecule is CS(=O)(=O)Cc1ccc(C(=O)Nc2ccccc2Sc2ccccc2)cc1. The molecule has 0 bridgehead atoms. The Labute approximate surface area is 163 Å². The number of anilines is 1. The second kappa shape index (κ2) is 8.41. The molecule has 0 heterocycles. The zero-order valence-corrected chi connectivity index (χ0v) is 16.4. The Kier molecular flexibility index (Phi) is 5.98. The predicted octanol–water partition coefficient (Wildman–Crippen LogP) is 4.63. The Morgan fingerprint density at radius 3 is 2.19 bits per heavy atom. The van der Waals surface area contributed by atoms with Gasteiger partial charge in [-0.2, -0.15) is 0 Å². The molecule has 0 saturated carbocycles. The van der Waals surface area contributed by atoms with Crippen molar-refractivity contribution in [2.75, 3.05) is 11.6 Å². The molecule has 0 unspecified atom stereocenters. The van der Waals surface area contributed by atoms with Gasteiger partial charge in [-0.1, -0.05) is 54.2 Å². The second-order valence-corrected chi connectivity index (χ2v) is 9.39. The summed E-state index contributed by atoms with van der Waals surface area (Å²) >= 11 is 1.58. The molecular formula is C21H19NO3S2. The van der Waals surface area contributed by atoms with E-state index in [1.54, 1.807) is 36.0 Å². The molecule has 0 saturated heterocycles. The average Bonchev–Trinajstić information content (AvgIpc) is 2.63. The Bertz CT molecular complexity index is 1030. The van der Waals surface area contributed by atoms with Gasteiger partial charge in [-0.05, 0) is 42.0 Å². The summed E-state index contributed by atoms with van der Waals surface area (Å²) in [6.07, 6.45) is 1.19. The lowest BCUT2D eigenvalue weighted by atomic mass is 10.1. The van der Waals surface area contributed by atoms with E-state index in [1.165, 1.54) is 6.26 Å². The molecule has 0 atom stereocenters. The first-order chi connectivity index (χ1) is 12.9. The summed E-state index contributed by atoms with van der Waals surface area (Å²) in [4.78, 5) is 14.6. The fraction of sp³-hybridized carbons (Fsp3) is 0.0952. The molecule has 3 aromatic rings. The minimum atomic E-state index is -3.10. The number of para-hydroxylation sites is 1. The molecule has 0 aliphatic heterocycles. The Balaban J connectivity index is 1.74.